The number of fused-ring (bicyclic) bond motifs is 5. The van der Waals surface area contributed by atoms with Crippen LogP contribution in [0, 0.1) is 5.92 Å². The van der Waals surface area contributed by atoms with Gasteiger partial charge in [-0.15, -0.1) is 11.3 Å². The van der Waals surface area contributed by atoms with Crippen LogP contribution in [0.2, 0.25) is 0 Å². The molecule has 0 amide bonds. The molecule has 5 nitrogen and oxygen atoms in total. The molecule has 0 aliphatic heterocycles. The predicted molar refractivity (Wildman–Crippen MR) is 70.2 cm³/mol. The number of nitrogens with one attached hydrogen (secondary N) is 1. The summed E-state index contributed by atoms with van der Waals surface area (Å²) in [5, 5.41) is 3.72. The number of aromatic amines is 1. The van der Waals surface area contributed by atoms with E-state index in [1.807, 2.05) is 0 Å². The monoisotopic (exact) mass is 260 g/mol. The van der Waals surface area contributed by atoms with Gasteiger partial charge in [0.15, 0.2) is 5.65 Å². The normalized spacial score (nSPS) is 19.5. The minimum absolute atomic E-state index is 0.312. The summed E-state index contributed by atoms with van der Waals surface area (Å²) in [4.78, 5) is 22.3. The first kappa shape index (κ1) is 10.3. The smallest absolute Gasteiger partial charge is 0.244 e. The Bertz CT molecular complexity index is 813. The maximum absolute atomic E-state index is 11.4. The SMILES string of the molecule is C[C@@H]1CCc2c(sc3ncn4[nH]c(=O)nc4c23)C1. The van der Waals surface area contributed by atoms with E-state index in [1.165, 1.54) is 16.9 Å². The van der Waals surface area contributed by atoms with E-state index in [1.54, 1.807) is 22.2 Å². The summed E-state index contributed by atoms with van der Waals surface area (Å²) in [6, 6.07) is 0. The first-order valence-corrected chi connectivity index (χ1v) is 6.91. The Morgan fingerprint density at radius 3 is 3.33 bits per heavy atom. The van der Waals surface area contributed by atoms with Gasteiger partial charge in [0.1, 0.15) is 11.2 Å². The first-order valence-electron chi connectivity index (χ1n) is 6.10. The summed E-state index contributed by atoms with van der Waals surface area (Å²) in [7, 11) is 0. The zero-order chi connectivity index (χ0) is 12.3. The van der Waals surface area contributed by atoms with Crippen molar-refractivity contribution in [3.05, 3.63) is 27.3 Å². The second-order valence-corrected chi connectivity index (χ2v) is 6.08. The lowest BCUT2D eigenvalue weighted by Gasteiger charge is -2.17. The largest absolute Gasteiger partial charge is 0.362 e. The Hall–Kier alpha value is -1.69. The number of rotatable bonds is 0. The van der Waals surface area contributed by atoms with Gasteiger partial charge in [-0.3, -0.25) is 0 Å². The van der Waals surface area contributed by atoms with Crippen molar-refractivity contribution < 1.29 is 0 Å². The standard InChI is InChI=1S/C12H12N4OS/c1-6-2-3-7-8(4-6)18-11-9(7)10-14-12(17)15-16(10)5-13-11/h5-6H,2-4H2,1H3,(H,15,17)/t6-/m1/s1. The number of hydrogen-bond acceptors (Lipinski definition) is 4. The topological polar surface area (TPSA) is 63.1 Å². The van der Waals surface area contributed by atoms with Gasteiger partial charge >= 0.3 is 5.69 Å². The highest BCUT2D eigenvalue weighted by atomic mass is 32.1. The van der Waals surface area contributed by atoms with Gasteiger partial charge in [-0.1, -0.05) is 6.92 Å². The first-order chi connectivity index (χ1) is 8.72. The van der Waals surface area contributed by atoms with E-state index in [0.29, 0.717) is 0 Å². The summed E-state index contributed by atoms with van der Waals surface area (Å²) in [5.41, 5.74) is 1.76. The van der Waals surface area contributed by atoms with Crippen LogP contribution in [0.3, 0.4) is 0 Å². The molecule has 4 rings (SSSR count). The predicted octanol–water partition coefficient (Wildman–Crippen LogP) is 1.76. The lowest BCUT2D eigenvalue weighted by Crippen LogP contribution is -2.08. The fourth-order valence-corrected chi connectivity index (χ4v) is 4.10. The Morgan fingerprint density at radius 1 is 1.56 bits per heavy atom. The molecule has 0 bridgehead atoms. The molecule has 1 aliphatic carbocycles. The van der Waals surface area contributed by atoms with Gasteiger partial charge in [0.2, 0.25) is 0 Å². The van der Waals surface area contributed by atoms with E-state index < -0.39 is 0 Å². The molecule has 1 atom stereocenters. The average molecular weight is 260 g/mol. The molecule has 3 aromatic rings. The van der Waals surface area contributed by atoms with E-state index in [9.17, 15) is 4.79 Å². The second-order valence-electron chi connectivity index (χ2n) is 5.00. The van der Waals surface area contributed by atoms with Crippen LogP contribution in [-0.2, 0) is 12.8 Å². The van der Waals surface area contributed by atoms with Crippen molar-refractivity contribution in [3.63, 3.8) is 0 Å². The molecule has 3 heterocycles. The van der Waals surface area contributed by atoms with Crippen LogP contribution in [-0.4, -0.2) is 19.6 Å². The molecular weight excluding hydrogens is 248 g/mol. The van der Waals surface area contributed by atoms with Gasteiger partial charge < -0.3 is 0 Å². The number of hydrogen-bond donors (Lipinski definition) is 1. The molecule has 0 saturated heterocycles. The third kappa shape index (κ3) is 1.29. The highest BCUT2D eigenvalue weighted by molar-refractivity contribution is 7.19. The number of H-pyrrole nitrogens is 1. The highest BCUT2D eigenvalue weighted by Gasteiger charge is 2.23. The molecule has 0 saturated carbocycles. The van der Waals surface area contributed by atoms with Gasteiger partial charge in [-0.05, 0) is 30.7 Å². The van der Waals surface area contributed by atoms with Crippen LogP contribution in [0.5, 0.6) is 0 Å². The van der Waals surface area contributed by atoms with Crippen LogP contribution in [0.4, 0.5) is 0 Å². The van der Waals surface area contributed by atoms with Crippen molar-refractivity contribution in [1.29, 1.82) is 0 Å². The molecule has 0 spiro atoms. The van der Waals surface area contributed by atoms with E-state index in [2.05, 4.69) is 22.0 Å². The van der Waals surface area contributed by atoms with Crippen LogP contribution < -0.4 is 5.69 Å². The molecule has 6 heteroatoms. The van der Waals surface area contributed by atoms with Crippen LogP contribution in [0.25, 0.3) is 15.9 Å². The molecule has 1 N–H and O–H groups in total. The molecule has 92 valence electrons. The summed E-state index contributed by atoms with van der Waals surface area (Å²) < 4.78 is 1.62. The van der Waals surface area contributed by atoms with Crippen molar-refractivity contribution in [2.24, 2.45) is 5.92 Å². The molecule has 3 aromatic heterocycles. The highest BCUT2D eigenvalue weighted by Crippen LogP contribution is 2.38. The maximum Gasteiger partial charge on any atom is 0.362 e. The molecular formula is C12H12N4OS. The summed E-state index contributed by atoms with van der Waals surface area (Å²) >= 11 is 1.75. The maximum atomic E-state index is 11.4. The van der Waals surface area contributed by atoms with Gasteiger partial charge in [0, 0.05) is 4.88 Å². The molecule has 0 fully saturated rings. The van der Waals surface area contributed by atoms with Crippen molar-refractivity contribution >= 4 is 27.2 Å². The van der Waals surface area contributed by atoms with E-state index in [4.69, 9.17) is 0 Å². The number of nitrogens with zero attached hydrogens (tertiary/aromatic N) is 3. The Labute approximate surface area is 106 Å². The number of aromatic nitrogens is 4. The van der Waals surface area contributed by atoms with Gasteiger partial charge in [0.05, 0.1) is 5.39 Å². The zero-order valence-corrected chi connectivity index (χ0v) is 10.8. The van der Waals surface area contributed by atoms with E-state index in [-0.39, 0.29) is 5.69 Å². The fourth-order valence-electron chi connectivity index (χ4n) is 2.76. The molecule has 18 heavy (non-hydrogen) atoms. The summed E-state index contributed by atoms with van der Waals surface area (Å²) in [6.07, 6.45) is 5.03. The number of thiophene rings is 1. The van der Waals surface area contributed by atoms with Crippen molar-refractivity contribution in [2.45, 2.75) is 26.2 Å². The second kappa shape index (κ2) is 3.41. The van der Waals surface area contributed by atoms with E-state index in [0.717, 1.165) is 34.6 Å². The quantitative estimate of drug-likeness (QED) is 0.670. The average Bonchev–Trinajstić information content (AvgIpc) is 2.86. The van der Waals surface area contributed by atoms with Gasteiger partial charge in [-0.25, -0.2) is 19.4 Å². The molecule has 0 radical (unpaired) electrons. The Balaban J connectivity index is 2.14. The molecule has 0 unspecified atom stereocenters. The van der Waals surface area contributed by atoms with Crippen LogP contribution >= 0.6 is 11.3 Å². The minimum Gasteiger partial charge on any atom is -0.244 e. The summed E-state index contributed by atoms with van der Waals surface area (Å²) in [6.45, 7) is 2.29. The summed E-state index contributed by atoms with van der Waals surface area (Å²) in [5.74, 6) is 0.739. The molecule has 1 aliphatic rings. The zero-order valence-electron chi connectivity index (χ0n) is 9.93. The van der Waals surface area contributed by atoms with Gasteiger partial charge in [0.25, 0.3) is 0 Å². The molecule has 0 aromatic carbocycles. The third-order valence-electron chi connectivity index (χ3n) is 3.66. The van der Waals surface area contributed by atoms with Crippen LogP contribution in [0.15, 0.2) is 11.1 Å². The Kier molecular flexibility index (Phi) is 1.94. The Morgan fingerprint density at radius 2 is 2.44 bits per heavy atom. The number of aryl methyl sites for hydroxylation is 1. The van der Waals surface area contributed by atoms with Crippen molar-refractivity contribution in [2.75, 3.05) is 0 Å². The van der Waals surface area contributed by atoms with Crippen LogP contribution in [0.1, 0.15) is 23.8 Å². The van der Waals surface area contributed by atoms with Crippen molar-refractivity contribution in [3.8, 4) is 0 Å². The van der Waals surface area contributed by atoms with E-state index >= 15 is 0 Å². The lowest BCUT2D eigenvalue weighted by atomic mass is 9.89. The lowest BCUT2D eigenvalue weighted by molar-refractivity contribution is 0.509. The van der Waals surface area contributed by atoms with Gasteiger partial charge in [-0.2, -0.15) is 4.98 Å². The fraction of sp³-hybridized carbons (Fsp3) is 0.417. The third-order valence-corrected chi connectivity index (χ3v) is 4.82. The minimum atomic E-state index is -0.312. The van der Waals surface area contributed by atoms with Crippen molar-refractivity contribution in [1.82, 2.24) is 19.6 Å².